The summed E-state index contributed by atoms with van der Waals surface area (Å²) >= 11 is 3.16. The van der Waals surface area contributed by atoms with E-state index in [1.165, 1.54) is 18.3 Å². The van der Waals surface area contributed by atoms with Gasteiger partial charge in [0.1, 0.15) is 11.6 Å². The lowest BCUT2D eigenvalue weighted by molar-refractivity contribution is -0.144. The van der Waals surface area contributed by atoms with Crippen LogP contribution in [-0.4, -0.2) is 16.9 Å². The third-order valence-electron chi connectivity index (χ3n) is 3.32. The number of thiophene rings is 1. The molecule has 0 fully saturated rings. The summed E-state index contributed by atoms with van der Waals surface area (Å²) in [5, 5.41) is 9.57. The molecule has 0 radical (unpaired) electrons. The van der Waals surface area contributed by atoms with Crippen LogP contribution in [0.4, 0.5) is 5.69 Å². The molecule has 5 nitrogen and oxygen atoms in total. The average molecular weight is 372 g/mol. The highest BCUT2D eigenvalue weighted by molar-refractivity contribution is 7.14. The fourth-order valence-electron chi connectivity index (χ4n) is 2.17. The van der Waals surface area contributed by atoms with Crippen molar-refractivity contribution >= 4 is 40.2 Å². The Morgan fingerprint density at radius 2 is 1.96 bits per heavy atom. The van der Waals surface area contributed by atoms with Gasteiger partial charge in [-0.25, -0.2) is 4.98 Å². The van der Waals surface area contributed by atoms with Crippen molar-refractivity contribution in [3.8, 4) is 10.6 Å². The van der Waals surface area contributed by atoms with Crippen molar-refractivity contribution < 1.29 is 14.3 Å². The van der Waals surface area contributed by atoms with Crippen molar-refractivity contribution in [3.63, 3.8) is 0 Å². The third-order valence-corrected chi connectivity index (χ3v) is 4.95. The summed E-state index contributed by atoms with van der Waals surface area (Å²) in [6.07, 6.45) is 0.182. The van der Waals surface area contributed by atoms with Crippen molar-refractivity contribution in [2.75, 3.05) is 5.32 Å². The Balaban J connectivity index is 1.50. The average Bonchev–Trinajstić information content (AvgIpc) is 3.25. The number of esters is 1. The summed E-state index contributed by atoms with van der Waals surface area (Å²) in [5.41, 5.74) is 3.37. The lowest BCUT2D eigenvalue weighted by atomic mass is 10.1. The summed E-state index contributed by atoms with van der Waals surface area (Å²) in [7, 11) is 0. The third kappa shape index (κ3) is 4.98. The van der Waals surface area contributed by atoms with Crippen LogP contribution in [0.25, 0.3) is 10.6 Å². The lowest BCUT2D eigenvalue weighted by Crippen LogP contribution is -2.09. The van der Waals surface area contributed by atoms with Gasteiger partial charge in [0, 0.05) is 28.9 Å². The van der Waals surface area contributed by atoms with E-state index in [4.69, 9.17) is 4.74 Å². The topological polar surface area (TPSA) is 68.3 Å². The van der Waals surface area contributed by atoms with E-state index in [0.717, 1.165) is 21.8 Å². The van der Waals surface area contributed by atoms with E-state index in [2.05, 4.69) is 10.3 Å². The molecule has 3 rings (SSSR count). The molecule has 0 spiro atoms. The molecular formula is C18H16N2O3S2. The zero-order chi connectivity index (χ0) is 17.6. The van der Waals surface area contributed by atoms with Gasteiger partial charge in [0.05, 0.1) is 12.1 Å². The molecule has 0 saturated heterocycles. The lowest BCUT2D eigenvalue weighted by Gasteiger charge is -2.05. The molecule has 0 unspecified atom stereocenters. The zero-order valence-electron chi connectivity index (χ0n) is 13.5. The second-order valence-electron chi connectivity index (χ2n) is 5.37. The van der Waals surface area contributed by atoms with Crippen LogP contribution in [0, 0.1) is 0 Å². The summed E-state index contributed by atoms with van der Waals surface area (Å²) in [6, 6.07) is 9.13. The molecule has 7 heteroatoms. The molecule has 0 saturated carbocycles. The van der Waals surface area contributed by atoms with Crippen LogP contribution in [-0.2, 0) is 27.4 Å². The first-order chi connectivity index (χ1) is 12.1. The number of anilines is 1. The smallest absolute Gasteiger partial charge is 0.310 e. The van der Waals surface area contributed by atoms with Gasteiger partial charge >= 0.3 is 5.97 Å². The van der Waals surface area contributed by atoms with Crippen LogP contribution >= 0.6 is 22.7 Å². The van der Waals surface area contributed by atoms with Gasteiger partial charge in [-0.2, -0.15) is 11.3 Å². The number of rotatable bonds is 6. The number of hydrogen-bond acceptors (Lipinski definition) is 6. The quantitative estimate of drug-likeness (QED) is 0.661. The molecular weight excluding hydrogens is 356 g/mol. The molecule has 1 amide bonds. The molecule has 25 heavy (non-hydrogen) atoms. The van der Waals surface area contributed by atoms with Crippen LogP contribution in [0.1, 0.15) is 18.2 Å². The number of carbonyl (C=O) groups excluding carboxylic acids is 2. The van der Waals surface area contributed by atoms with Gasteiger partial charge in [-0.05, 0) is 29.1 Å². The van der Waals surface area contributed by atoms with E-state index in [0.29, 0.717) is 5.69 Å². The number of thiazole rings is 1. The molecule has 2 heterocycles. The standard InChI is InChI=1S/C18H16N2O3S2/c1-12(21)19-15-4-2-13(3-5-15)8-17(22)23-9-16-11-25-18(20-16)14-6-7-24-10-14/h2-7,10-11H,8-9H2,1H3,(H,19,21). The van der Waals surface area contributed by atoms with Crippen molar-refractivity contribution in [2.45, 2.75) is 20.0 Å². The van der Waals surface area contributed by atoms with E-state index in [-0.39, 0.29) is 24.9 Å². The Hall–Kier alpha value is -2.51. The minimum atomic E-state index is -0.308. The van der Waals surface area contributed by atoms with Gasteiger partial charge in [-0.1, -0.05) is 12.1 Å². The van der Waals surface area contributed by atoms with Crippen LogP contribution < -0.4 is 5.32 Å². The maximum Gasteiger partial charge on any atom is 0.310 e. The van der Waals surface area contributed by atoms with Gasteiger partial charge in [0.25, 0.3) is 0 Å². The molecule has 0 atom stereocenters. The van der Waals surface area contributed by atoms with Crippen molar-refractivity contribution in [3.05, 3.63) is 57.7 Å². The van der Waals surface area contributed by atoms with E-state index < -0.39 is 0 Å². The van der Waals surface area contributed by atoms with Crippen molar-refractivity contribution in [2.24, 2.45) is 0 Å². The molecule has 2 aromatic heterocycles. The Labute approximate surface area is 153 Å². The highest BCUT2D eigenvalue weighted by Gasteiger charge is 2.09. The first-order valence-corrected chi connectivity index (χ1v) is 9.41. The van der Waals surface area contributed by atoms with E-state index in [9.17, 15) is 9.59 Å². The zero-order valence-corrected chi connectivity index (χ0v) is 15.2. The van der Waals surface area contributed by atoms with Crippen LogP contribution in [0.15, 0.2) is 46.5 Å². The number of carbonyl (C=O) groups is 2. The summed E-state index contributed by atoms with van der Waals surface area (Å²) < 4.78 is 5.30. The number of hydrogen-bond donors (Lipinski definition) is 1. The number of aromatic nitrogens is 1. The fraction of sp³-hybridized carbons (Fsp3) is 0.167. The summed E-state index contributed by atoms with van der Waals surface area (Å²) in [4.78, 5) is 27.4. The maximum absolute atomic E-state index is 12.0. The number of nitrogens with zero attached hydrogens (tertiary/aromatic N) is 1. The molecule has 128 valence electrons. The molecule has 0 aliphatic rings. The highest BCUT2D eigenvalue weighted by atomic mass is 32.1. The SMILES string of the molecule is CC(=O)Nc1ccc(CC(=O)OCc2csc(-c3ccsc3)n2)cc1. The van der Waals surface area contributed by atoms with Crippen molar-refractivity contribution in [1.29, 1.82) is 0 Å². The number of benzene rings is 1. The highest BCUT2D eigenvalue weighted by Crippen LogP contribution is 2.25. The second kappa shape index (κ2) is 8.04. The van der Waals surface area contributed by atoms with Crippen LogP contribution in [0.3, 0.4) is 0 Å². The molecule has 0 aliphatic heterocycles. The monoisotopic (exact) mass is 372 g/mol. The minimum absolute atomic E-state index is 0.128. The first-order valence-electron chi connectivity index (χ1n) is 7.59. The Kier molecular flexibility index (Phi) is 5.57. The number of nitrogens with one attached hydrogen (secondary N) is 1. The Bertz CT molecular complexity index is 855. The molecule has 3 aromatic rings. The van der Waals surface area contributed by atoms with E-state index in [1.54, 1.807) is 35.6 Å². The summed E-state index contributed by atoms with van der Waals surface area (Å²) in [6.45, 7) is 1.62. The first kappa shape index (κ1) is 17.3. The summed E-state index contributed by atoms with van der Waals surface area (Å²) in [5.74, 6) is -0.436. The van der Waals surface area contributed by atoms with Gasteiger partial charge in [-0.3, -0.25) is 9.59 Å². The Morgan fingerprint density at radius 1 is 1.16 bits per heavy atom. The predicted molar refractivity (Wildman–Crippen MR) is 99.7 cm³/mol. The van der Waals surface area contributed by atoms with E-state index >= 15 is 0 Å². The second-order valence-corrected chi connectivity index (χ2v) is 7.01. The van der Waals surface area contributed by atoms with Crippen LogP contribution in [0.5, 0.6) is 0 Å². The van der Waals surface area contributed by atoms with Gasteiger partial charge in [0.15, 0.2) is 0 Å². The van der Waals surface area contributed by atoms with Gasteiger partial charge in [-0.15, -0.1) is 11.3 Å². The minimum Gasteiger partial charge on any atom is -0.459 e. The Morgan fingerprint density at radius 3 is 2.64 bits per heavy atom. The maximum atomic E-state index is 12.0. The van der Waals surface area contributed by atoms with Gasteiger partial charge in [0.2, 0.25) is 5.91 Å². The molecule has 1 N–H and O–H groups in total. The fourth-order valence-corrected chi connectivity index (χ4v) is 3.69. The number of ether oxygens (including phenoxy) is 1. The van der Waals surface area contributed by atoms with E-state index in [1.807, 2.05) is 22.2 Å². The molecule has 0 aliphatic carbocycles. The molecule has 0 bridgehead atoms. The predicted octanol–water partition coefficient (Wildman–Crippen LogP) is 4.12. The largest absolute Gasteiger partial charge is 0.459 e. The van der Waals surface area contributed by atoms with Crippen molar-refractivity contribution in [1.82, 2.24) is 4.98 Å². The van der Waals surface area contributed by atoms with Gasteiger partial charge < -0.3 is 10.1 Å². The molecule has 1 aromatic carbocycles. The normalized spacial score (nSPS) is 10.4. The van der Waals surface area contributed by atoms with Crippen LogP contribution in [0.2, 0.25) is 0 Å². The number of amides is 1.